The molecule has 2 rings (SSSR count). The Labute approximate surface area is 102 Å². The van der Waals surface area contributed by atoms with Crippen LogP contribution in [0.2, 0.25) is 0 Å². The summed E-state index contributed by atoms with van der Waals surface area (Å²) in [5.41, 5.74) is 6.02. The highest BCUT2D eigenvalue weighted by atomic mass is 32.1. The molecular formula is C10H12N4O2S. The second-order valence-electron chi connectivity index (χ2n) is 3.71. The zero-order valence-electron chi connectivity index (χ0n) is 9.45. The minimum absolute atomic E-state index is 0.0950. The van der Waals surface area contributed by atoms with E-state index < -0.39 is 4.92 Å². The molecule has 1 atom stereocenters. The lowest BCUT2D eigenvalue weighted by molar-refractivity contribution is -0.384. The molecule has 0 fully saturated rings. The van der Waals surface area contributed by atoms with Gasteiger partial charge in [0.15, 0.2) is 0 Å². The number of nitro groups is 1. The van der Waals surface area contributed by atoms with E-state index in [1.165, 1.54) is 4.68 Å². The summed E-state index contributed by atoms with van der Waals surface area (Å²) in [6, 6.07) is 3.79. The lowest BCUT2D eigenvalue weighted by Gasteiger charge is -2.10. The van der Waals surface area contributed by atoms with Gasteiger partial charge in [0.05, 0.1) is 11.0 Å². The molecule has 0 aliphatic heterocycles. The fourth-order valence-electron chi connectivity index (χ4n) is 1.73. The van der Waals surface area contributed by atoms with Gasteiger partial charge < -0.3 is 5.73 Å². The predicted octanol–water partition coefficient (Wildman–Crippen LogP) is 2.35. The minimum atomic E-state index is -0.491. The molecule has 2 N–H and O–H groups in total. The highest BCUT2D eigenvalue weighted by Gasteiger charge is 2.25. The van der Waals surface area contributed by atoms with Gasteiger partial charge in [-0.05, 0) is 25.3 Å². The number of thiophene rings is 1. The zero-order valence-corrected chi connectivity index (χ0v) is 10.3. The van der Waals surface area contributed by atoms with Crippen LogP contribution in [0.15, 0.2) is 17.5 Å². The molecule has 0 amide bonds. The second-order valence-corrected chi connectivity index (χ2v) is 4.69. The number of aromatic nitrogens is 2. The number of hydrogen-bond acceptors (Lipinski definition) is 5. The van der Waals surface area contributed by atoms with Gasteiger partial charge in [-0.25, -0.2) is 4.68 Å². The monoisotopic (exact) mass is 252 g/mol. The van der Waals surface area contributed by atoms with Crippen molar-refractivity contribution in [3.8, 4) is 0 Å². The molecule has 0 aliphatic carbocycles. The van der Waals surface area contributed by atoms with Crippen LogP contribution in [0.4, 0.5) is 11.5 Å². The van der Waals surface area contributed by atoms with Gasteiger partial charge in [-0.3, -0.25) is 10.1 Å². The van der Waals surface area contributed by atoms with Crippen molar-refractivity contribution < 1.29 is 4.92 Å². The van der Waals surface area contributed by atoms with Crippen molar-refractivity contribution in [2.24, 2.45) is 0 Å². The second kappa shape index (κ2) is 4.17. The SMILES string of the molecule is Cc1nn(C(C)c2cccs2)c(N)c1[N+](=O)[O-]. The van der Waals surface area contributed by atoms with E-state index in [-0.39, 0.29) is 17.5 Å². The molecular weight excluding hydrogens is 240 g/mol. The average molecular weight is 252 g/mol. The van der Waals surface area contributed by atoms with Gasteiger partial charge in [0.25, 0.3) is 0 Å². The first-order valence-electron chi connectivity index (χ1n) is 5.04. The van der Waals surface area contributed by atoms with Crippen LogP contribution in [0.25, 0.3) is 0 Å². The van der Waals surface area contributed by atoms with Crippen molar-refractivity contribution in [1.29, 1.82) is 0 Å². The van der Waals surface area contributed by atoms with Crippen LogP contribution < -0.4 is 5.73 Å². The fourth-order valence-corrected chi connectivity index (χ4v) is 2.50. The first kappa shape index (κ1) is 11.6. The third kappa shape index (κ3) is 1.89. The van der Waals surface area contributed by atoms with Gasteiger partial charge in [0.1, 0.15) is 5.69 Å². The van der Waals surface area contributed by atoms with Crippen molar-refractivity contribution in [2.45, 2.75) is 19.9 Å². The zero-order chi connectivity index (χ0) is 12.6. The van der Waals surface area contributed by atoms with E-state index in [0.29, 0.717) is 5.69 Å². The summed E-state index contributed by atoms with van der Waals surface area (Å²) in [4.78, 5) is 11.4. The smallest absolute Gasteiger partial charge is 0.333 e. The summed E-state index contributed by atoms with van der Waals surface area (Å²) < 4.78 is 1.50. The van der Waals surface area contributed by atoms with Crippen LogP contribution in [0.5, 0.6) is 0 Å². The third-order valence-corrected chi connectivity index (χ3v) is 3.64. The average Bonchev–Trinajstić information content (AvgIpc) is 2.85. The molecule has 90 valence electrons. The normalized spacial score (nSPS) is 12.6. The lowest BCUT2D eigenvalue weighted by atomic mass is 10.3. The Morgan fingerprint density at radius 2 is 2.35 bits per heavy atom. The third-order valence-electron chi connectivity index (χ3n) is 2.59. The Morgan fingerprint density at radius 1 is 1.65 bits per heavy atom. The van der Waals surface area contributed by atoms with Crippen molar-refractivity contribution in [1.82, 2.24) is 9.78 Å². The maximum atomic E-state index is 10.8. The molecule has 0 radical (unpaired) electrons. The molecule has 0 saturated carbocycles. The quantitative estimate of drug-likeness (QED) is 0.671. The molecule has 0 aromatic carbocycles. The summed E-state index contributed by atoms with van der Waals surface area (Å²) in [7, 11) is 0. The number of rotatable bonds is 3. The topological polar surface area (TPSA) is 87.0 Å². The summed E-state index contributed by atoms with van der Waals surface area (Å²) >= 11 is 1.57. The maximum Gasteiger partial charge on any atom is 0.333 e. The van der Waals surface area contributed by atoms with Crippen molar-refractivity contribution in [3.63, 3.8) is 0 Å². The molecule has 7 heteroatoms. The van der Waals surface area contributed by atoms with Crippen molar-refractivity contribution in [3.05, 3.63) is 38.2 Å². The highest BCUT2D eigenvalue weighted by Crippen LogP contribution is 2.31. The minimum Gasteiger partial charge on any atom is -0.378 e. The molecule has 0 saturated heterocycles. The number of nitrogens with zero attached hydrogens (tertiary/aromatic N) is 3. The van der Waals surface area contributed by atoms with Crippen LogP contribution in [-0.4, -0.2) is 14.7 Å². The van der Waals surface area contributed by atoms with Gasteiger partial charge in [-0.1, -0.05) is 6.07 Å². The van der Waals surface area contributed by atoms with E-state index in [2.05, 4.69) is 5.10 Å². The van der Waals surface area contributed by atoms with Gasteiger partial charge in [-0.2, -0.15) is 5.10 Å². The molecule has 1 unspecified atom stereocenters. The van der Waals surface area contributed by atoms with Crippen LogP contribution >= 0.6 is 11.3 Å². The van der Waals surface area contributed by atoms with E-state index in [0.717, 1.165) is 4.88 Å². The number of hydrogen-bond donors (Lipinski definition) is 1. The Hall–Kier alpha value is -1.89. The summed E-state index contributed by atoms with van der Waals surface area (Å²) in [5, 5.41) is 16.9. The lowest BCUT2D eigenvalue weighted by Crippen LogP contribution is -2.10. The first-order chi connectivity index (χ1) is 8.02. The predicted molar refractivity (Wildman–Crippen MR) is 66.2 cm³/mol. The first-order valence-corrected chi connectivity index (χ1v) is 5.92. The van der Waals surface area contributed by atoms with Crippen LogP contribution in [0.3, 0.4) is 0 Å². The number of nitrogen functional groups attached to an aromatic ring is 1. The van der Waals surface area contributed by atoms with E-state index >= 15 is 0 Å². The Morgan fingerprint density at radius 3 is 2.82 bits per heavy atom. The Kier molecular flexibility index (Phi) is 2.84. The van der Waals surface area contributed by atoms with Crippen LogP contribution in [0, 0.1) is 17.0 Å². The standard InChI is InChI=1S/C10H12N4O2S/c1-6-9(14(15)16)10(11)13(12-6)7(2)8-4-3-5-17-8/h3-5,7H,11H2,1-2H3. The summed E-state index contributed by atoms with van der Waals surface area (Å²) in [5.74, 6) is 0.105. The van der Waals surface area contributed by atoms with E-state index in [1.54, 1.807) is 18.3 Å². The van der Waals surface area contributed by atoms with E-state index in [9.17, 15) is 10.1 Å². The molecule has 0 bridgehead atoms. The van der Waals surface area contributed by atoms with Gasteiger partial charge in [0.2, 0.25) is 5.82 Å². The molecule has 2 aromatic heterocycles. The molecule has 2 aromatic rings. The molecule has 6 nitrogen and oxygen atoms in total. The number of aryl methyl sites for hydroxylation is 1. The molecule has 2 heterocycles. The van der Waals surface area contributed by atoms with E-state index in [4.69, 9.17) is 5.73 Å². The number of nitrogens with two attached hydrogens (primary N) is 1. The van der Waals surface area contributed by atoms with Crippen molar-refractivity contribution >= 4 is 22.8 Å². The summed E-state index contributed by atoms with van der Waals surface area (Å²) in [6.07, 6.45) is 0. The number of anilines is 1. The molecule has 17 heavy (non-hydrogen) atoms. The highest BCUT2D eigenvalue weighted by molar-refractivity contribution is 7.10. The van der Waals surface area contributed by atoms with Crippen LogP contribution in [-0.2, 0) is 0 Å². The van der Waals surface area contributed by atoms with Crippen LogP contribution in [0.1, 0.15) is 23.5 Å². The van der Waals surface area contributed by atoms with Gasteiger partial charge in [0, 0.05) is 4.88 Å². The Balaban J connectivity index is 2.47. The Bertz CT molecular complexity index is 547. The van der Waals surface area contributed by atoms with E-state index in [1.807, 2.05) is 24.4 Å². The maximum absolute atomic E-state index is 10.8. The fraction of sp³-hybridized carbons (Fsp3) is 0.300. The summed E-state index contributed by atoms with van der Waals surface area (Å²) in [6.45, 7) is 3.50. The van der Waals surface area contributed by atoms with Crippen molar-refractivity contribution in [2.75, 3.05) is 5.73 Å². The molecule has 0 spiro atoms. The largest absolute Gasteiger partial charge is 0.378 e. The molecule has 0 aliphatic rings. The van der Waals surface area contributed by atoms with Gasteiger partial charge >= 0.3 is 5.69 Å². The van der Waals surface area contributed by atoms with Gasteiger partial charge in [-0.15, -0.1) is 11.3 Å².